The summed E-state index contributed by atoms with van der Waals surface area (Å²) in [6.07, 6.45) is 1.74. The van der Waals surface area contributed by atoms with E-state index >= 15 is 0 Å². The molecule has 0 radical (unpaired) electrons. The van der Waals surface area contributed by atoms with Gasteiger partial charge in [-0.05, 0) is 37.0 Å². The van der Waals surface area contributed by atoms with E-state index in [-0.39, 0.29) is 17.4 Å². The highest BCUT2D eigenvalue weighted by Crippen LogP contribution is 2.18. The van der Waals surface area contributed by atoms with Gasteiger partial charge in [0.1, 0.15) is 0 Å². The summed E-state index contributed by atoms with van der Waals surface area (Å²) in [5, 5.41) is 0. The Bertz CT molecular complexity index is 696. The van der Waals surface area contributed by atoms with Crippen molar-refractivity contribution in [3.05, 3.63) is 24.3 Å². The number of sulfonamides is 1. The van der Waals surface area contributed by atoms with E-state index in [4.69, 9.17) is 4.74 Å². The number of halogens is 1. The van der Waals surface area contributed by atoms with Crippen LogP contribution in [0.4, 0.5) is 3.89 Å². The van der Waals surface area contributed by atoms with E-state index < -0.39 is 25.1 Å². The van der Waals surface area contributed by atoms with E-state index in [0.29, 0.717) is 13.2 Å². The van der Waals surface area contributed by atoms with Crippen LogP contribution in [-0.4, -0.2) is 36.6 Å². The van der Waals surface area contributed by atoms with Gasteiger partial charge in [0.2, 0.25) is 10.0 Å². The van der Waals surface area contributed by atoms with Crippen LogP contribution < -0.4 is 4.72 Å². The minimum atomic E-state index is -4.93. The Morgan fingerprint density at radius 2 is 1.95 bits per heavy atom. The molecule has 1 aromatic carbocycles. The fraction of sp³-hybridized carbons (Fsp3) is 0.500. The van der Waals surface area contributed by atoms with Gasteiger partial charge in [0, 0.05) is 13.2 Å². The molecule has 1 aliphatic rings. The van der Waals surface area contributed by atoms with Crippen molar-refractivity contribution in [2.75, 3.05) is 19.8 Å². The van der Waals surface area contributed by atoms with Gasteiger partial charge in [-0.1, -0.05) is 6.07 Å². The van der Waals surface area contributed by atoms with Crippen molar-refractivity contribution in [2.45, 2.75) is 22.6 Å². The number of nitrogens with one attached hydrogen (secondary N) is 1. The first kappa shape index (κ1) is 16.3. The third-order valence-electron chi connectivity index (χ3n) is 3.21. The zero-order valence-corrected chi connectivity index (χ0v) is 12.8. The fourth-order valence-electron chi connectivity index (χ4n) is 2.07. The molecule has 0 aromatic heterocycles. The Hall–Kier alpha value is -1.03. The molecule has 21 heavy (non-hydrogen) atoms. The van der Waals surface area contributed by atoms with Crippen LogP contribution in [0, 0.1) is 5.92 Å². The van der Waals surface area contributed by atoms with Crippen LogP contribution in [-0.2, 0) is 25.0 Å². The van der Waals surface area contributed by atoms with Gasteiger partial charge in [0.25, 0.3) is 0 Å². The smallest absolute Gasteiger partial charge is 0.332 e. The van der Waals surface area contributed by atoms with E-state index in [1.807, 2.05) is 0 Å². The molecular weight excluding hydrogens is 321 g/mol. The van der Waals surface area contributed by atoms with E-state index in [1.54, 1.807) is 0 Å². The molecule has 0 spiro atoms. The second kappa shape index (κ2) is 6.39. The largest absolute Gasteiger partial charge is 0.381 e. The maximum absolute atomic E-state index is 12.9. The molecule has 0 bridgehead atoms. The molecule has 1 aromatic rings. The van der Waals surface area contributed by atoms with E-state index in [2.05, 4.69) is 4.72 Å². The van der Waals surface area contributed by atoms with Crippen LogP contribution in [0.1, 0.15) is 12.8 Å². The average molecular weight is 337 g/mol. The quantitative estimate of drug-likeness (QED) is 0.811. The van der Waals surface area contributed by atoms with Gasteiger partial charge in [-0.25, -0.2) is 13.1 Å². The van der Waals surface area contributed by atoms with E-state index in [9.17, 15) is 20.7 Å². The van der Waals surface area contributed by atoms with Crippen molar-refractivity contribution < 1.29 is 25.5 Å². The van der Waals surface area contributed by atoms with E-state index in [0.717, 1.165) is 25.0 Å². The molecule has 1 N–H and O–H groups in total. The molecule has 1 atom stereocenters. The molecule has 2 rings (SSSR count). The third-order valence-corrected chi connectivity index (χ3v) is 5.45. The van der Waals surface area contributed by atoms with Crippen LogP contribution in [0.3, 0.4) is 0 Å². The van der Waals surface area contributed by atoms with Gasteiger partial charge in [-0.2, -0.15) is 8.42 Å². The zero-order valence-electron chi connectivity index (χ0n) is 11.2. The number of benzene rings is 1. The maximum Gasteiger partial charge on any atom is 0.332 e. The minimum absolute atomic E-state index is 0.0848. The van der Waals surface area contributed by atoms with Crippen molar-refractivity contribution >= 4 is 20.2 Å². The third kappa shape index (κ3) is 4.47. The van der Waals surface area contributed by atoms with Gasteiger partial charge in [-0.3, -0.25) is 0 Å². The first-order valence-electron chi connectivity index (χ1n) is 6.41. The molecule has 1 saturated heterocycles. The summed E-state index contributed by atoms with van der Waals surface area (Å²) in [6.45, 7) is 1.37. The van der Waals surface area contributed by atoms with Gasteiger partial charge in [0.05, 0.1) is 16.4 Å². The molecule has 0 aliphatic carbocycles. The van der Waals surface area contributed by atoms with Gasteiger partial charge >= 0.3 is 10.2 Å². The van der Waals surface area contributed by atoms with Crippen molar-refractivity contribution in [1.29, 1.82) is 0 Å². The molecular formula is C12H16FNO5S2. The molecule has 1 unspecified atom stereocenters. The summed E-state index contributed by atoms with van der Waals surface area (Å²) in [4.78, 5) is -0.954. The highest BCUT2D eigenvalue weighted by atomic mass is 32.3. The van der Waals surface area contributed by atoms with E-state index in [1.165, 1.54) is 12.1 Å². The predicted octanol–water partition coefficient (Wildman–Crippen LogP) is 1.05. The second-order valence-corrected chi connectivity index (χ2v) is 7.96. The van der Waals surface area contributed by atoms with Crippen molar-refractivity contribution in [2.24, 2.45) is 5.92 Å². The molecule has 1 heterocycles. The topological polar surface area (TPSA) is 89.5 Å². The Kier molecular flexibility index (Phi) is 4.97. The summed E-state index contributed by atoms with van der Waals surface area (Å²) < 4.78 is 66.4. The van der Waals surface area contributed by atoms with Crippen molar-refractivity contribution in [3.8, 4) is 0 Å². The van der Waals surface area contributed by atoms with Crippen LogP contribution >= 0.6 is 0 Å². The average Bonchev–Trinajstić information content (AvgIpc) is 2.46. The van der Waals surface area contributed by atoms with Crippen molar-refractivity contribution in [1.82, 2.24) is 4.72 Å². The van der Waals surface area contributed by atoms with Crippen molar-refractivity contribution in [3.63, 3.8) is 0 Å². The molecule has 1 aliphatic heterocycles. The standard InChI is InChI=1S/C12H16FNO5S2/c13-20(15,16)11-4-1-5-12(7-11)21(17,18)14-8-10-3-2-6-19-9-10/h1,4-5,7,10,14H,2-3,6,8-9H2. The predicted molar refractivity (Wildman–Crippen MR) is 73.5 cm³/mol. The Morgan fingerprint density at radius 1 is 1.24 bits per heavy atom. The molecule has 9 heteroatoms. The highest BCUT2D eigenvalue weighted by molar-refractivity contribution is 7.89. The molecule has 0 saturated carbocycles. The minimum Gasteiger partial charge on any atom is -0.381 e. The van der Waals surface area contributed by atoms with Gasteiger partial charge in [-0.15, -0.1) is 3.89 Å². The van der Waals surface area contributed by atoms with Gasteiger partial charge in [0.15, 0.2) is 0 Å². The highest BCUT2D eigenvalue weighted by Gasteiger charge is 2.21. The SMILES string of the molecule is O=S(=O)(F)c1cccc(S(=O)(=O)NCC2CCCOC2)c1. The monoisotopic (exact) mass is 337 g/mol. The fourth-order valence-corrected chi connectivity index (χ4v) is 3.82. The second-order valence-electron chi connectivity index (χ2n) is 4.85. The van der Waals surface area contributed by atoms with Gasteiger partial charge < -0.3 is 4.74 Å². The van der Waals surface area contributed by atoms with Crippen LogP contribution in [0.15, 0.2) is 34.1 Å². The Balaban J connectivity index is 2.12. The lowest BCUT2D eigenvalue weighted by Crippen LogP contribution is -2.33. The first-order valence-corrected chi connectivity index (χ1v) is 9.28. The Labute approximate surface area is 123 Å². The summed E-state index contributed by atoms with van der Waals surface area (Å²) in [5.74, 6) is 0.0848. The summed E-state index contributed by atoms with van der Waals surface area (Å²) >= 11 is 0. The van der Waals surface area contributed by atoms with Crippen LogP contribution in [0.25, 0.3) is 0 Å². The summed E-state index contributed by atoms with van der Waals surface area (Å²) in [5.41, 5.74) is 0. The normalized spacial score (nSPS) is 20.3. The molecule has 1 fully saturated rings. The molecule has 118 valence electrons. The molecule has 6 nitrogen and oxygen atoms in total. The van der Waals surface area contributed by atoms with Crippen LogP contribution in [0.2, 0.25) is 0 Å². The summed E-state index contributed by atoms with van der Waals surface area (Å²) in [7, 11) is -8.81. The number of rotatable bonds is 5. The number of ether oxygens (including phenoxy) is 1. The molecule has 0 amide bonds. The Morgan fingerprint density at radius 3 is 2.57 bits per heavy atom. The lowest BCUT2D eigenvalue weighted by atomic mass is 10.0. The lowest BCUT2D eigenvalue weighted by Gasteiger charge is -2.22. The summed E-state index contributed by atoms with van der Waals surface area (Å²) in [6, 6.07) is 4.21. The zero-order chi connectivity index (χ0) is 15.5. The number of hydrogen-bond acceptors (Lipinski definition) is 5. The van der Waals surface area contributed by atoms with Crippen LogP contribution in [0.5, 0.6) is 0 Å². The first-order chi connectivity index (χ1) is 9.79. The lowest BCUT2D eigenvalue weighted by molar-refractivity contribution is 0.0568. The maximum atomic E-state index is 12.9. The number of hydrogen-bond donors (Lipinski definition) is 1.